The highest BCUT2D eigenvalue weighted by Gasteiger charge is 2.18. The van der Waals surface area contributed by atoms with Crippen molar-refractivity contribution in [2.75, 3.05) is 18.0 Å². The molecule has 0 aromatic carbocycles. The van der Waals surface area contributed by atoms with Gasteiger partial charge < -0.3 is 4.90 Å². The number of anilines is 1. The number of aromatic nitrogens is 2. The van der Waals surface area contributed by atoms with E-state index in [9.17, 15) is 0 Å². The number of halogens is 1. The monoisotopic (exact) mass is 197 g/mol. The van der Waals surface area contributed by atoms with Crippen molar-refractivity contribution in [3.63, 3.8) is 0 Å². The van der Waals surface area contributed by atoms with Gasteiger partial charge in [-0.15, -0.1) is 11.6 Å². The maximum absolute atomic E-state index is 6.00. The molecule has 0 atom stereocenters. The molecule has 13 heavy (non-hydrogen) atoms. The maximum Gasteiger partial charge on any atom is 0.225 e. The summed E-state index contributed by atoms with van der Waals surface area (Å²) in [6, 6.07) is 1.83. The molecular weight excluding hydrogens is 186 g/mol. The van der Waals surface area contributed by atoms with Gasteiger partial charge in [0.1, 0.15) is 0 Å². The van der Waals surface area contributed by atoms with Crippen molar-refractivity contribution in [1.29, 1.82) is 0 Å². The summed E-state index contributed by atoms with van der Waals surface area (Å²) in [5.41, 5.74) is 0. The predicted molar refractivity (Wildman–Crippen MR) is 53.1 cm³/mol. The van der Waals surface area contributed by atoms with E-state index >= 15 is 0 Å². The van der Waals surface area contributed by atoms with Crippen LogP contribution in [0.5, 0.6) is 0 Å². The standard InChI is InChI=1S/C9H12ClN3/c10-8-2-6-13(7-3-8)9-11-4-1-5-12-9/h1,4-5,8H,2-3,6-7H2. The van der Waals surface area contributed by atoms with Crippen molar-refractivity contribution in [3.05, 3.63) is 18.5 Å². The third-order valence-corrected chi connectivity index (χ3v) is 2.70. The summed E-state index contributed by atoms with van der Waals surface area (Å²) in [4.78, 5) is 10.6. The molecule has 1 aromatic heterocycles. The van der Waals surface area contributed by atoms with Gasteiger partial charge in [0, 0.05) is 30.9 Å². The summed E-state index contributed by atoms with van der Waals surface area (Å²) < 4.78 is 0. The second kappa shape index (κ2) is 3.92. The third kappa shape index (κ3) is 2.10. The van der Waals surface area contributed by atoms with E-state index in [-0.39, 0.29) is 0 Å². The first-order valence-corrected chi connectivity index (χ1v) is 4.96. The number of alkyl halides is 1. The van der Waals surface area contributed by atoms with Crippen LogP contribution in [0.15, 0.2) is 18.5 Å². The molecule has 1 aromatic rings. The van der Waals surface area contributed by atoms with E-state index in [1.54, 1.807) is 12.4 Å². The van der Waals surface area contributed by atoms with E-state index in [4.69, 9.17) is 11.6 Å². The molecule has 1 aliphatic rings. The Morgan fingerprint density at radius 3 is 2.46 bits per heavy atom. The molecule has 1 aliphatic heterocycles. The van der Waals surface area contributed by atoms with Crippen LogP contribution in [-0.4, -0.2) is 28.4 Å². The largest absolute Gasteiger partial charge is 0.341 e. The molecule has 0 bridgehead atoms. The lowest BCUT2D eigenvalue weighted by Gasteiger charge is -2.28. The van der Waals surface area contributed by atoms with Gasteiger partial charge in [-0.25, -0.2) is 9.97 Å². The van der Waals surface area contributed by atoms with Crippen LogP contribution in [-0.2, 0) is 0 Å². The number of rotatable bonds is 1. The molecule has 1 fully saturated rings. The van der Waals surface area contributed by atoms with Gasteiger partial charge in [0.2, 0.25) is 5.95 Å². The topological polar surface area (TPSA) is 29.0 Å². The maximum atomic E-state index is 6.00. The SMILES string of the molecule is ClC1CCN(c2ncccn2)CC1. The first-order chi connectivity index (χ1) is 6.36. The van der Waals surface area contributed by atoms with Gasteiger partial charge in [-0.1, -0.05) is 0 Å². The molecule has 0 spiro atoms. The van der Waals surface area contributed by atoms with Gasteiger partial charge in [0.05, 0.1) is 0 Å². The van der Waals surface area contributed by atoms with Gasteiger partial charge in [-0.2, -0.15) is 0 Å². The molecule has 0 unspecified atom stereocenters. The van der Waals surface area contributed by atoms with Crippen LogP contribution >= 0.6 is 11.6 Å². The average molecular weight is 198 g/mol. The van der Waals surface area contributed by atoms with Crippen molar-refractivity contribution < 1.29 is 0 Å². The van der Waals surface area contributed by atoms with Gasteiger partial charge in [0.25, 0.3) is 0 Å². The third-order valence-electron chi connectivity index (χ3n) is 2.26. The lowest BCUT2D eigenvalue weighted by atomic mass is 10.1. The molecule has 2 rings (SSSR count). The molecule has 0 amide bonds. The molecule has 2 heterocycles. The summed E-state index contributed by atoms with van der Waals surface area (Å²) in [6.45, 7) is 1.94. The number of nitrogens with zero attached hydrogens (tertiary/aromatic N) is 3. The highest BCUT2D eigenvalue weighted by atomic mass is 35.5. The van der Waals surface area contributed by atoms with Crippen LogP contribution in [0.4, 0.5) is 5.95 Å². The minimum atomic E-state index is 0.333. The molecule has 4 heteroatoms. The van der Waals surface area contributed by atoms with Gasteiger partial charge in [0.15, 0.2) is 0 Å². The average Bonchev–Trinajstić information content (AvgIpc) is 2.20. The van der Waals surface area contributed by atoms with Crippen LogP contribution in [0.3, 0.4) is 0 Å². The summed E-state index contributed by atoms with van der Waals surface area (Å²) in [5, 5.41) is 0.333. The Morgan fingerprint density at radius 1 is 1.23 bits per heavy atom. The highest BCUT2D eigenvalue weighted by molar-refractivity contribution is 6.20. The zero-order chi connectivity index (χ0) is 9.10. The van der Waals surface area contributed by atoms with Crippen molar-refractivity contribution in [2.24, 2.45) is 0 Å². The molecule has 0 N–H and O–H groups in total. The van der Waals surface area contributed by atoms with E-state index in [1.165, 1.54) is 0 Å². The minimum Gasteiger partial charge on any atom is -0.341 e. The Labute approximate surface area is 82.8 Å². The minimum absolute atomic E-state index is 0.333. The summed E-state index contributed by atoms with van der Waals surface area (Å²) in [7, 11) is 0. The first kappa shape index (κ1) is 8.75. The normalized spacial score (nSPS) is 19.0. The smallest absolute Gasteiger partial charge is 0.225 e. The Hall–Kier alpha value is -0.830. The van der Waals surface area contributed by atoms with Crippen molar-refractivity contribution in [3.8, 4) is 0 Å². The molecule has 0 radical (unpaired) electrons. The first-order valence-electron chi connectivity index (χ1n) is 4.52. The fraction of sp³-hybridized carbons (Fsp3) is 0.556. The lowest BCUT2D eigenvalue weighted by Crippen LogP contribution is -2.35. The zero-order valence-corrected chi connectivity index (χ0v) is 8.11. The summed E-state index contributed by atoms with van der Waals surface area (Å²) >= 11 is 6.00. The van der Waals surface area contributed by atoms with E-state index in [2.05, 4.69) is 14.9 Å². The summed E-state index contributed by atoms with van der Waals surface area (Å²) in [6.07, 6.45) is 5.60. The van der Waals surface area contributed by atoms with Crippen molar-refractivity contribution in [2.45, 2.75) is 18.2 Å². The molecular formula is C9H12ClN3. The summed E-state index contributed by atoms with van der Waals surface area (Å²) in [5.74, 6) is 0.825. The van der Waals surface area contributed by atoms with Gasteiger partial charge in [-0.05, 0) is 18.9 Å². The number of piperidine rings is 1. The fourth-order valence-corrected chi connectivity index (χ4v) is 1.70. The lowest BCUT2D eigenvalue weighted by molar-refractivity contribution is 0.575. The molecule has 70 valence electrons. The van der Waals surface area contributed by atoms with Crippen LogP contribution in [0, 0.1) is 0 Å². The van der Waals surface area contributed by atoms with Crippen molar-refractivity contribution >= 4 is 17.5 Å². The van der Waals surface area contributed by atoms with E-state index in [0.717, 1.165) is 31.9 Å². The van der Waals surface area contributed by atoms with Gasteiger partial charge >= 0.3 is 0 Å². The highest BCUT2D eigenvalue weighted by Crippen LogP contribution is 2.18. The quantitative estimate of drug-likeness (QED) is 0.642. The fourth-order valence-electron chi connectivity index (χ4n) is 1.50. The van der Waals surface area contributed by atoms with Crippen LogP contribution in [0.25, 0.3) is 0 Å². The Bertz CT molecular complexity index is 257. The van der Waals surface area contributed by atoms with Crippen LogP contribution in [0.2, 0.25) is 0 Å². The Kier molecular flexibility index (Phi) is 2.64. The number of hydrogen-bond donors (Lipinski definition) is 0. The van der Waals surface area contributed by atoms with Crippen LogP contribution in [0.1, 0.15) is 12.8 Å². The van der Waals surface area contributed by atoms with Gasteiger partial charge in [-0.3, -0.25) is 0 Å². The van der Waals surface area contributed by atoms with E-state index in [0.29, 0.717) is 5.38 Å². The predicted octanol–water partition coefficient (Wildman–Crippen LogP) is 1.68. The Morgan fingerprint density at radius 2 is 1.85 bits per heavy atom. The molecule has 1 saturated heterocycles. The van der Waals surface area contributed by atoms with E-state index < -0.39 is 0 Å². The molecule has 0 aliphatic carbocycles. The van der Waals surface area contributed by atoms with Crippen molar-refractivity contribution in [1.82, 2.24) is 9.97 Å². The van der Waals surface area contributed by atoms with Crippen LogP contribution < -0.4 is 4.90 Å². The zero-order valence-electron chi connectivity index (χ0n) is 7.36. The Balaban J connectivity index is 2.03. The second-order valence-corrected chi connectivity index (χ2v) is 3.83. The van der Waals surface area contributed by atoms with E-state index in [1.807, 2.05) is 6.07 Å². The second-order valence-electron chi connectivity index (χ2n) is 3.21. The number of hydrogen-bond acceptors (Lipinski definition) is 3. The molecule has 3 nitrogen and oxygen atoms in total. The molecule has 0 saturated carbocycles.